The standard InChI is InChI=1S/C12H15N3O/c1-3-4-10-14-11(8(2)12(13)15-10)9-5-6-16-7-9/h5-7H,3-4H2,1-2H3,(H2,13,14,15). The minimum Gasteiger partial charge on any atom is -0.472 e. The van der Waals surface area contributed by atoms with Crippen LogP contribution in [0, 0.1) is 6.92 Å². The second-order valence-electron chi connectivity index (χ2n) is 3.76. The van der Waals surface area contributed by atoms with Crippen molar-refractivity contribution in [2.24, 2.45) is 0 Å². The van der Waals surface area contributed by atoms with E-state index in [0.717, 1.165) is 35.5 Å². The van der Waals surface area contributed by atoms with Crippen LogP contribution in [-0.4, -0.2) is 9.97 Å². The monoisotopic (exact) mass is 217 g/mol. The minimum atomic E-state index is 0.551. The summed E-state index contributed by atoms with van der Waals surface area (Å²) in [6.45, 7) is 4.02. The van der Waals surface area contributed by atoms with Crippen molar-refractivity contribution in [1.29, 1.82) is 0 Å². The van der Waals surface area contributed by atoms with Crippen molar-refractivity contribution >= 4 is 5.82 Å². The molecule has 0 fully saturated rings. The molecule has 0 bridgehead atoms. The lowest BCUT2D eigenvalue weighted by molar-refractivity contribution is 0.568. The summed E-state index contributed by atoms with van der Waals surface area (Å²) in [4.78, 5) is 8.78. The molecule has 2 N–H and O–H groups in total. The maximum Gasteiger partial charge on any atom is 0.131 e. The third-order valence-corrected chi connectivity index (χ3v) is 2.50. The summed E-state index contributed by atoms with van der Waals surface area (Å²) in [5.41, 5.74) is 8.59. The molecular weight excluding hydrogens is 202 g/mol. The largest absolute Gasteiger partial charge is 0.472 e. The summed E-state index contributed by atoms with van der Waals surface area (Å²) in [6.07, 6.45) is 5.15. The van der Waals surface area contributed by atoms with E-state index in [1.165, 1.54) is 0 Å². The number of nitrogens with two attached hydrogens (primary N) is 1. The molecule has 4 heteroatoms. The van der Waals surface area contributed by atoms with Crippen LogP contribution in [0.1, 0.15) is 24.7 Å². The summed E-state index contributed by atoms with van der Waals surface area (Å²) < 4.78 is 5.06. The zero-order valence-electron chi connectivity index (χ0n) is 9.53. The number of furan rings is 1. The third-order valence-electron chi connectivity index (χ3n) is 2.50. The first kappa shape index (κ1) is 10.7. The van der Waals surface area contributed by atoms with Crippen LogP contribution in [0.3, 0.4) is 0 Å². The lowest BCUT2D eigenvalue weighted by Gasteiger charge is -2.07. The molecule has 0 aliphatic heterocycles. The van der Waals surface area contributed by atoms with E-state index in [1.54, 1.807) is 12.5 Å². The van der Waals surface area contributed by atoms with E-state index in [1.807, 2.05) is 13.0 Å². The van der Waals surface area contributed by atoms with Crippen LogP contribution >= 0.6 is 0 Å². The Morgan fingerprint density at radius 3 is 2.81 bits per heavy atom. The van der Waals surface area contributed by atoms with Crippen LogP contribution in [0.2, 0.25) is 0 Å². The molecule has 0 radical (unpaired) electrons. The van der Waals surface area contributed by atoms with Gasteiger partial charge in [-0.05, 0) is 19.4 Å². The van der Waals surface area contributed by atoms with Gasteiger partial charge in [0.25, 0.3) is 0 Å². The van der Waals surface area contributed by atoms with Gasteiger partial charge in [0.15, 0.2) is 0 Å². The first-order valence-electron chi connectivity index (χ1n) is 5.38. The Balaban J connectivity index is 2.51. The van der Waals surface area contributed by atoms with Gasteiger partial charge in [-0.15, -0.1) is 0 Å². The van der Waals surface area contributed by atoms with E-state index in [2.05, 4.69) is 16.9 Å². The van der Waals surface area contributed by atoms with Crippen LogP contribution in [0.5, 0.6) is 0 Å². The Morgan fingerprint density at radius 1 is 1.38 bits per heavy atom. The lowest BCUT2D eigenvalue weighted by Crippen LogP contribution is -2.04. The topological polar surface area (TPSA) is 64.9 Å². The smallest absolute Gasteiger partial charge is 0.131 e. The Morgan fingerprint density at radius 2 is 2.19 bits per heavy atom. The highest BCUT2D eigenvalue weighted by atomic mass is 16.3. The number of hydrogen-bond acceptors (Lipinski definition) is 4. The molecule has 0 saturated carbocycles. The fourth-order valence-corrected chi connectivity index (χ4v) is 1.60. The van der Waals surface area contributed by atoms with Crippen molar-refractivity contribution in [2.75, 3.05) is 5.73 Å². The van der Waals surface area contributed by atoms with Crippen LogP contribution in [0.15, 0.2) is 23.0 Å². The quantitative estimate of drug-likeness (QED) is 0.858. The molecule has 0 spiro atoms. The molecule has 0 unspecified atom stereocenters. The number of aryl methyl sites for hydroxylation is 1. The molecule has 0 atom stereocenters. The molecule has 4 nitrogen and oxygen atoms in total. The van der Waals surface area contributed by atoms with Crippen molar-refractivity contribution in [2.45, 2.75) is 26.7 Å². The molecule has 2 aromatic rings. The summed E-state index contributed by atoms with van der Waals surface area (Å²) in [5.74, 6) is 1.34. The van der Waals surface area contributed by atoms with Crippen LogP contribution in [0.25, 0.3) is 11.3 Å². The fourth-order valence-electron chi connectivity index (χ4n) is 1.60. The molecule has 2 aromatic heterocycles. The maximum absolute atomic E-state index is 5.88. The van der Waals surface area contributed by atoms with Gasteiger partial charge in [0.1, 0.15) is 11.6 Å². The van der Waals surface area contributed by atoms with E-state index < -0.39 is 0 Å². The molecule has 2 heterocycles. The minimum absolute atomic E-state index is 0.551. The second-order valence-corrected chi connectivity index (χ2v) is 3.76. The van der Waals surface area contributed by atoms with E-state index in [-0.39, 0.29) is 0 Å². The van der Waals surface area contributed by atoms with Crippen molar-refractivity contribution in [1.82, 2.24) is 9.97 Å². The maximum atomic E-state index is 5.88. The number of hydrogen-bond donors (Lipinski definition) is 1. The zero-order chi connectivity index (χ0) is 11.5. The molecule has 0 aliphatic carbocycles. The SMILES string of the molecule is CCCc1nc(N)c(C)c(-c2ccoc2)n1. The van der Waals surface area contributed by atoms with E-state index in [9.17, 15) is 0 Å². The van der Waals surface area contributed by atoms with Gasteiger partial charge in [0.05, 0.1) is 18.2 Å². The predicted molar refractivity (Wildman–Crippen MR) is 62.9 cm³/mol. The number of rotatable bonds is 3. The Hall–Kier alpha value is -1.84. The summed E-state index contributed by atoms with van der Waals surface area (Å²) >= 11 is 0. The third kappa shape index (κ3) is 1.91. The predicted octanol–water partition coefficient (Wildman–Crippen LogP) is 2.58. The second kappa shape index (κ2) is 4.35. The van der Waals surface area contributed by atoms with E-state index >= 15 is 0 Å². The highest BCUT2D eigenvalue weighted by molar-refractivity contribution is 5.66. The van der Waals surface area contributed by atoms with Gasteiger partial charge in [-0.25, -0.2) is 9.97 Å². The normalized spacial score (nSPS) is 10.6. The average Bonchev–Trinajstić information content (AvgIpc) is 2.76. The van der Waals surface area contributed by atoms with Gasteiger partial charge in [0.2, 0.25) is 0 Å². The first-order chi connectivity index (χ1) is 7.72. The first-order valence-corrected chi connectivity index (χ1v) is 5.38. The lowest BCUT2D eigenvalue weighted by atomic mass is 10.1. The summed E-state index contributed by atoms with van der Waals surface area (Å²) in [5, 5.41) is 0. The van der Waals surface area contributed by atoms with Crippen LogP contribution in [-0.2, 0) is 6.42 Å². The van der Waals surface area contributed by atoms with Gasteiger partial charge < -0.3 is 10.2 Å². The van der Waals surface area contributed by atoms with Crippen molar-refractivity contribution in [3.05, 3.63) is 30.0 Å². The molecule has 0 amide bonds. The molecule has 16 heavy (non-hydrogen) atoms. The van der Waals surface area contributed by atoms with Gasteiger partial charge in [0, 0.05) is 17.5 Å². The molecule has 0 saturated heterocycles. The Bertz CT molecular complexity index is 477. The number of anilines is 1. The van der Waals surface area contributed by atoms with Gasteiger partial charge in [-0.3, -0.25) is 0 Å². The highest BCUT2D eigenvalue weighted by Crippen LogP contribution is 2.24. The van der Waals surface area contributed by atoms with E-state index in [0.29, 0.717) is 5.82 Å². The Kier molecular flexibility index (Phi) is 2.90. The number of aromatic nitrogens is 2. The van der Waals surface area contributed by atoms with E-state index in [4.69, 9.17) is 10.2 Å². The van der Waals surface area contributed by atoms with Crippen LogP contribution < -0.4 is 5.73 Å². The number of nitrogens with zero attached hydrogens (tertiary/aromatic N) is 2. The molecule has 2 rings (SSSR count). The Labute approximate surface area is 94.5 Å². The number of nitrogen functional groups attached to an aromatic ring is 1. The zero-order valence-corrected chi connectivity index (χ0v) is 9.53. The van der Waals surface area contributed by atoms with Gasteiger partial charge >= 0.3 is 0 Å². The van der Waals surface area contributed by atoms with Crippen molar-refractivity contribution in [3.8, 4) is 11.3 Å². The van der Waals surface area contributed by atoms with Gasteiger partial charge in [-0.1, -0.05) is 6.92 Å². The molecule has 0 aromatic carbocycles. The summed E-state index contributed by atoms with van der Waals surface area (Å²) in [6, 6.07) is 1.88. The van der Waals surface area contributed by atoms with Gasteiger partial charge in [-0.2, -0.15) is 0 Å². The summed E-state index contributed by atoms with van der Waals surface area (Å²) in [7, 11) is 0. The van der Waals surface area contributed by atoms with Crippen molar-refractivity contribution < 1.29 is 4.42 Å². The molecule has 0 aliphatic rings. The van der Waals surface area contributed by atoms with Crippen molar-refractivity contribution in [3.63, 3.8) is 0 Å². The highest BCUT2D eigenvalue weighted by Gasteiger charge is 2.10. The molecular formula is C12H15N3O. The average molecular weight is 217 g/mol. The fraction of sp³-hybridized carbons (Fsp3) is 0.333. The molecule has 84 valence electrons. The van der Waals surface area contributed by atoms with Crippen LogP contribution in [0.4, 0.5) is 5.82 Å².